The molecule has 0 aromatic heterocycles. The van der Waals surface area contributed by atoms with Gasteiger partial charge in [0.1, 0.15) is 0 Å². The summed E-state index contributed by atoms with van der Waals surface area (Å²) < 4.78 is 41.5. The average Bonchev–Trinajstić information content (AvgIpc) is 2.27. The van der Waals surface area contributed by atoms with Crippen molar-refractivity contribution in [3.63, 3.8) is 0 Å². The summed E-state index contributed by atoms with van der Waals surface area (Å²) in [7, 11) is 1.06. The zero-order chi connectivity index (χ0) is 14.1. The Kier molecular flexibility index (Phi) is 4.20. The molecule has 0 unspecified atom stereocenters. The molecule has 0 saturated heterocycles. The monoisotopic (exact) mass is 373 g/mol. The fraction of sp³-hybridized carbons (Fsp3) is 0.200. The third kappa shape index (κ3) is 2.74. The van der Waals surface area contributed by atoms with Crippen molar-refractivity contribution in [2.75, 3.05) is 12.8 Å². The van der Waals surface area contributed by atoms with E-state index in [2.05, 4.69) is 4.74 Å². The van der Waals surface area contributed by atoms with E-state index in [9.17, 15) is 22.8 Å². The minimum atomic E-state index is -5.05. The average molecular weight is 373 g/mol. The molecule has 0 heterocycles. The maximum Gasteiger partial charge on any atom is 0.454 e. The number of ether oxygens (including phenoxy) is 1. The molecule has 0 aliphatic rings. The molecule has 0 fully saturated rings. The molecule has 0 aliphatic carbocycles. The van der Waals surface area contributed by atoms with Gasteiger partial charge in [-0.1, -0.05) is 0 Å². The topological polar surface area (TPSA) is 69.4 Å². The summed E-state index contributed by atoms with van der Waals surface area (Å²) in [4.78, 5) is 22.5. The van der Waals surface area contributed by atoms with E-state index in [-0.39, 0.29) is 9.13 Å². The number of rotatable bonds is 2. The number of nitrogen functional groups attached to an aromatic ring is 1. The molecule has 1 rings (SSSR count). The summed E-state index contributed by atoms with van der Waals surface area (Å²) in [6.45, 7) is 0. The fourth-order valence-electron chi connectivity index (χ4n) is 1.25. The minimum Gasteiger partial charge on any atom is -0.465 e. The summed E-state index contributed by atoms with van der Waals surface area (Å²) in [6.07, 6.45) is -5.05. The zero-order valence-electron chi connectivity index (χ0n) is 8.97. The van der Waals surface area contributed by atoms with Crippen LogP contribution in [0.1, 0.15) is 20.7 Å². The Balaban J connectivity index is 3.45. The lowest BCUT2D eigenvalue weighted by Gasteiger charge is -2.12. The second kappa shape index (κ2) is 5.12. The van der Waals surface area contributed by atoms with Gasteiger partial charge in [-0.15, -0.1) is 0 Å². The zero-order valence-corrected chi connectivity index (χ0v) is 11.1. The van der Waals surface area contributed by atoms with Gasteiger partial charge < -0.3 is 10.5 Å². The predicted octanol–water partition coefficient (Wildman–Crippen LogP) is 2.40. The minimum absolute atomic E-state index is 0.0140. The first-order valence-electron chi connectivity index (χ1n) is 4.48. The molecule has 98 valence electrons. The number of benzene rings is 1. The molecular weight excluding hydrogens is 366 g/mol. The first-order chi connectivity index (χ1) is 8.20. The van der Waals surface area contributed by atoms with E-state index in [1.165, 1.54) is 12.1 Å². The number of hydrogen-bond donors (Lipinski definition) is 1. The smallest absolute Gasteiger partial charge is 0.454 e. The molecule has 0 amide bonds. The third-order valence-electron chi connectivity index (χ3n) is 2.08. The standard InChI is InChI=1S/C10H7F3INO3/c1-18-9(17)4-2-3-5(14)6(7(4)15)8(16)10(11,12)13/h2-3H,15H2,1H3. The van der Waals surface area contributed by atoms with Crippen LogP contribution >= 0.6 is 22.6 Å². The number of halogens is 4. The quantitative estimate of drug-likeness (QED) is 0.374. The van der Waals surface area contributed by atoms with Gasteiger partial charge in [-0.25, -0.2) is 4.79 Å². The number of anilines is 1. The van der Waals surface area contributed by atoms with Crippen molar-refractivity contribution in [3.8, 4) is 0 Å². The molecular formula is C10H7F3INO3. The van der Waals surface area contributed by atoms with E-state index in [0.717, 1.165) is 7.11 Å². The van der Waals surface area contributed by atoms with Crippen LogP contribution in [0.3, 0.4) is 0 Å². The maximum absolute atomic E-state index is 12.4. The molecule has 0 radical (unpaired) electrons. The van der Waals surface area contributed by atoms with E-state index in [1.807, 2.05) is 0 Å². The lowest BCUT2D eigenvalue weighted by molar-refractivity contribution is -0.0885. The molecule has 1 aromatic rings. The van der Waals surface area contributed by atoms with Gasteiger partial charge in [0.05, 0.1) is 23.9 Å². The molecule has 18 heavy (non-hydrogen) atoms. The molecule has 2 N–H and O–H groups in total. The highest BCUT2D eigenvalue weighted by atomic mass is 127. The van der Waals surface area contributed by atoms with Crippen molar-refractivity contribution in [1.82, 2.24) is 0 Å². The number of hydrogen-bond acceptors (Lipinski definition) is 4. The lowest BCUT2D eigenvalue weighted by atomic mass is 10.0. The van der Waals surface area contributed by atoms with Crippen molar-refractivity contribution in [1.29, 1.82) is 0 Å². The van der Waals surface area contributed by atoms with E-state index in [1.54, 1.807) is 22.6 Å². The third-order valence-corrected chi connectivity index (χ3v) is 2.98. The summed E-state index contributed by atoms with van der Waals surface area (Å²) in [5.41, 5.74) is 3.90. The molecule has 8 heteroatoms. The largest absolute Gasteiger partial charge is 0.465 e. The molecule has 0 bridgehead atoms. The number of esters is 1. The number of carbonyl (C=O) groups is 2. The molecule has 0 saturated carbocycles. The van der Waals surface area contributed by atoms with Gasteiger partial charge >= 0.3 is 12.1 Å². The Morgan fingerprint density at radius 3 is 2.33 bits per heavy atom. The van der Waals surface area contributed by atoms with Gasteiger partial charge in [0.2, 0.25) is 0 Å². The van der Waals surface area contributed by atoms with Crippen LogP contribution in [0.5, 0.6) is 0 Å². The molecule has 0 spiro atoms. The Morgan fingerprint density at radius 1 is 1.33 bits per heavy atom. The van der Waals surface area contributed by atoms with Crippen molar-refractivity contribution in [3.05, 3.63) is 26.8 Å². The number of carbonyl (C=O) groups excluding carboxylic acids is 2. The van der Waals surface area contributed by atoms with Crippen molar-refractivity contribution < 1.29 is 27.5 Å². The highest BCUT2D eigenvalue weighted by Gasteiger charge is 2.42. The second-order valence-corrected chi connectivity index (χ2v) is 4.36. The fourth-order valence-corrected chi connectivity index (χ4v) is 1.97. The van der Waals surface area contributed by atoms with Crippen molar-refractivity contribution >= 4 is 40.0 Å². The van der Waals surface area contributed by atoms with Crippen LogP contribution in [0, 0.1) is 3.57 Å². The Labute approximate surface area is 113 Å². The molecule has 1 aromatic carbocycles. The van der Waals surface area contributed by atoms with Crippen LogP contribution in [0.15, 0.2) is 12.1 Å². The van der Waals surface area contributed by atoms with Gasteiger partial charge in [-0.2, -0.15) is 13.2 Å². The van der Waals surface area contributed by atoms with Gasteiger partial charge in [0, 0.05) is 3.57 Å². The summed E-state index contributed by atoms with van der Waals surface area (Å²) in [5, 5.41) is 0. The van der Waals surface area contributed by atoms with Crippen LogP contribution < -0.4 is 5.73 Å². The first kappa shape index (κ1) is 14.7. The van der Waals surface area contributed by atoms with E-state index >= 15 is 0 Å². The summed E-state index contributed by atoms with van der Waals surface area (Å²) in [6, 6.07) is 2.40. The summed E-state index contributed by atoms with van der Waals surface area (Å²) >= 11 is 1.54. The number of ketones is 1. The molecule has 0 aliphatic heterocycles. The Bertz CT molecular complexity index is 514. The summed E-state index contributed by atoms with van der Waals surface area (Å²) in [5.74, 6) is -2.99. The normalized spacial score (nSPS) is 11.2. The number of alkyl halides is 3. The van der Waals surface area contributed by atoms with Gasteiger partial charge in [-0.05, 0) is 34.7 Å². The molecule has 0 atom stereocenters. The van der Waals surface area contributed by atoms with E-state index < -0.39 is 29.2 Å². The van der Waals surface area contributed by atoms with Crippen LogP contribution in [0.4, 0.5) is 18.9 Å². The molecule has 4 nitrogen and oxygen atoms in total. The Hall–Kier alpha value is -1.32. The van der Waals surface area contributed by atoms with Crippen molar-refractivity contribution in [2.45, 2.75) is 6.18 Å². The number of methoxy groups -OCH3 is 1. The van der Waals surface area contributed by atoms with E-state index in [0.29, 0.717) is 0 Å². The maximum atomic E-state index is 12.4. The predicted molar refractivity (Wildman–Crippen MR) is 65.3 cm³/mol. The SMILES string of the molecule is COC(=O)c1ccc(I)c(C(=O)C(F)(F)F)c1N. The van der Waals surface area contributed by atoms with Gasteiger partial charge in [0.15, 0.2) is 0 Å². The number of Topliss-reactive ketones (excluding diaryl/α,β-unsaturated/α-hetero) is 1. The lowest BCUT2D eigenvalue weighted by Crippen LogP contribution is -2.25. The Morgan fingerprint density at radius 2 is 1.89 bits per heavy atom. The van der Waals surface area contributed by atoms with Gasteiger partial charge in [0.25, 0.3) is 5.78 Å². The van der Waals surface area contributed by atoms with Gasteiger partial charge in [-0.3, -0.25) is 4.79 Å². The highest BCUT2D eigenvalue weighted by Crippen LogP contribution is 2.30. The van der Waals surface area contributed by atoms with Crippen LogP contribution in [-0.4, -0.2) is 25.0 Å². The van der Waals surface area contributed by atoms with Crippen molar-refractivity contribution in [2.24, 2.45) is 0 Å². The first-order valence-corrected chi connectivity index (χ1v) is 5.55. The van der Waals surface area contributed by atoms with E-state index in [4.69, 9.17) is 5.73 Å². The van der Waals surface area contributed by atoms with Crippen LogP contribution in [0.2, 0.25) is 0 Å². The highest BCUT2D eigenvalue weighted by molar-refractivity contribution is 14.1. The van der Waals surface area contributed by atoms with Crippen LogP contribution in [-0.2, 0) is 4.74 Å². The van der Waals surface area contributed by atoms with Crippen LogP contribution in [0.25, 0.3) is 0 Å². The number of nitrogens with two attached hydrogens (primary N) is 1. The second-order valence-electron chi connectivity index (χ2n) is 3.20.